The van der Waals surface area contributed by atoms with E-state index in [1.165, 1.54) is 0 Å². The minimum atomic E-state index is -1.18. The Morgan fingerprint density at radius 1 is 0.913 bits per heavy atom. The van der Waals surface area contributed by atoms with Crippen molar-refractivity contribution in [3.8, 4) is 0 Å². The quantitative estimate of drug-likeness (QED) is 0.528. The maximum Gasteiger partial charge on any atom is 0.322 e. The Bertz CT molecular complexity index is 669. The first-order valence-electron chi connectivity index (χ1n) is 6.91. The van der Waals surface area contributed by atoms with E-state index in [0.717, 1.165) is 16.3 Å². The van der Waals surface area contributed by atoms with Crippen molar-refractivity contribution in [1.82, 2.24) is 0 Å². The van der Waals surface area contributed by atoms with Gasteiger partial charge in [-0.15, -0.1) is 0 Å². The van der Waals surface area contributed by atoms with E-state index < -0.39 is 30.6 Å². The highest BCUT2D eigenvalue weighted by Gasteiger charge is 2.13. The van der Waals surface area contributed by atoms with E-state index in [1.54, 1.807) is 0 Å². The van der Waals surface area contributed by atoms with Gasteiger partial charge in [0.15, 0.2) is 0 Å². The molecule has 23 heavy (non-hydrogen) atoms. The van der Waals surface area contributed by atoms with Crippen molar-refractivity contribution >= 4 is 22.7 Å². The van der Waals surface area contributed by atoms with Gasteiger partial charge in [-0.05, 0) is 22.8 Å². The number of rotatable bonds is 5. The van der Waals surface area contributed by atoms with E-state index in [1.807, 2.05) is 42.5 Å². The van der Waals surface area contributed by atoms with Gasteiger partial charge in [-0.2, -0.15) is 0 Å². The van der Waals surface area contributed by atoms with Crippen LogP contribution in [0.5, 0.6) is 0 Å². The molecule has 0 saturated carbocycles. The molecule has 0 amide bonds. The monoisotopic (exact) mass is 320 g/mol. The Hall–Kier alpha value is -2.48. The maximum atomic E-state index is 10.7. The summed E-state index contributed by atoms with van der Waals surface area (Å²) in [4.78, 5) is 20.4. The highest BCUT2D eigenvalue weighted by Crippen LogP contribution is 2.19. The van der Waals surface area contributed by atoms with Crippen LogP contribution < -0.4 is 11.5 Å². The summed E-state index contributed by atoms with van der Waals surface area (Å²) in [7, 11) is 0. The zero-order valence-electron chi connectivity index (χ0n) is 12.4. The number of aliphatic hydroxyl groups excluding tert-OH is 1. The zero-order valence-corrected chi connectivity index (χ0v) is 12.4. The van der Waals surface area contributed by atoms with Crippen LogP contribution in [0.15, 0.2) is 42.5 Å². The number of carboxylic acids is 2. The highest BCUT2D eigenvalue weighted by atomic mass is 16.4. The molecule has 124 valence electrons. The van der Waals surface area contributed by atoms with Crippen molar-refractivity contribution in [2.45, 2.75) is 18.5 Å². The lowest BCUT2D eigenvalue weighted by Gasteiger charge is -2.09. The zero-order chi connectivity index (χ0) is 17.4. The number of aliphatic carboxylic acids is 2. The standard InChI is InChI=1S/C13H13NO2.C3H7NO3/c14-12(13(15)16)8-10-6-3-5-9-4-1-2-7-11(9)10;4-2(1-5)3(6)7/h1-7,12H,8,14H2,(H,15,16);2,5H,1,4H2,(H,6,7)/t12-;2-/m00/s1. The molecule has 2 aromatic rings. The Labute approximate surface area is 133 Å². The van der Waals surface area contributed by atoms with Crippen LogP contribution in [0.3, 0.4) is 0 Å². The molecule has 0 aromatic heterocycles. The number of carboxylic acid groups (broad SMARTS) is 2. The van der Waals surface area contributed by atoms with E-state index in [4.69, 9.17) is 26.8 Å². The van der Waals surface area contributed by atoms with E-state index in [9.17, 15) is 9.59 Å². The third-order valence-corrected chi connectivity index (χ3v) is 3.15. The molecule has 0 radical (unpaired) electrons. The van der Waals surface area contributed by atoms with Gasteiger partial charge in [0.25, 0.3) is 0 Å². The summed E-state index contributed by atoms with van der Waals surface area (Å²) in [5.74, 6) is -2.14. The predicted octanol–water partition coefficient (Wildman–Crippen LogP) is 0.185. The molecule has 0 heterocycles. The minimum Gasteiger partial charge on any atom is -0.480 e. The fourth-order valence-electron chi connectivity index (χ4n) is 1.87. The molecular formula is C16H20N2O5. The van der Waals surface area contributed by atoms with E-state index in [2.05, 4.69) is 0 Å². The normalized spacial score (nSPS) is 12.8. The molecule has 2 rings (SSSR count). The molecule has 7 N–H and O–H groups in total. The van der Waals surface area contributed by atoms with Crippen molar-refractivity contribution < 1.29 is 24.9 Å². The van der Waals surface area contributed by atoms with E-state index >= 15 is 0 Å². The molecule has 0 aliphatic carbocycles. The second-order valence-electron chi connectivity index (χ2n) is 4.91. The summed E-state index contributed by atoms with van der Waals surface area (Å²) in [6.45, 7) is -0.505. The first kappa shape index (κ1) is 18.6. The second kappa shape index (κ2) is 8.84. The second-order valence-corrected chi connectivity index (χ2v) is 4.91. The highest BCUT2D eigenvalue weighted by molar-refractivity contribution is 5.86. The van der Waals surface area contributed by atoms with E-state index in [-0.39, 0.29) is 0 Å². The molecular weight excluding hydrogens is 300 g/mol. The first-order valence-corrected chi connectivity index (χ1v) is 6.91. The molecule has 0 bridgehead atoms. The van der Waals surface area contributed by atoms with Gasteiger partial charge in [-0.1, -0.05) is 42.5 Å². The van der Waals surface area contributed by atoms with Crippen LogP contribution in [0.2, 0.25) is 0 Å². The fourth-order valence-corrected chi connectivity index (χ4v) is 1.87. The van der Waals surface area contributed by atoms with Gasteiger partial charge >= 0.3 is 11.9 Å². The molecule has 0 fully saturated rings. The average Bonchev–Trinajstić information content (AvgIpc) is 2.54. The number of fused-ring (bicyclic) bond motifs is 1. The number of benzene rings is 2. The van der Waals surface area contributed by atoms with Crippen molar-refractivity contribution in [2.75, 3.05) is 6.61 Å². The number of carbonyl (C=O) groups is 2. The molecule has 7 heteroatoms. The summed E-state index contributed by atoms with van der Waals surface area (Å²) in [6.07, 6.45) is 0.358. The van der Waals surface area contributed by atoms with Crippen molar-refractivity contribution in [3.63, 3.8) is 0 Å². The van der Waals surface area contributed by atoms with Crippen molar-refractivity contribution in [1.29, 1.82) is 0 Å². The van der Waals surface area contributed by atoms with Crippen LogP contribution >= 0.6 is 0 Å². The Morgan fingerprint density at radius 2 is 1.48 bits per heavy atom. The first-order chi connectivity index (χ1) is 10.9. The molecule has 2 atom stereocenters. The van der Waals surface area contributed by atoms with Gasteiger partial charge in [0.2, 0.25) is 0 Å². The lowest BCUT2D eigenvalue weighted by Crippen LogP contribution is -2.33. The van der Waals surface area contributed by atoms with Crippen LogP contribution in [-0.4, -0.2) is 45.9 Å². The predicted molar refractivity (Wildman–Crippen MR) is 86.0 cm³/mol. The largest absolute Gasteiger partial charge is 0.480 e. The Morgan fingerprint density at radius 3 is 2.00 bits per heavy atom. The third-order valence-electron chi connectivity index (χ3n) is 3.15. The van der Waals surface area contributed by atoms with Gasteiger partial charge in [0, 0.05) is 0 Å². The van der Waals surface area contributed by atoms with E-state index in [0.29, 0.717) is 6.42 Å². The summed E-state index contributed by atoms with van der Waals surface area (Å²) in [5.41, 5.74) is 11.3. The van der Waals surface area contributed by atoms with Crippen LogP contribution in [0.4, 0.5) is 0 Å². The molecule has 0 aliphatic heterocycles. The topological polar surface area (TPSA) is 147 Å². The van der Waals surface area contributed by atoms with Crippen LogP contribution in [-0.2, 0) is 16.0 Å². The van der Waals surface area contributed by atoms with Crippen LogP contribution in [0.1, 0.15) is 5.56 Å². The van der Waals surface area contributed by atoms with Crippen molar-refractivity contribution in [2.24, 2.45) is 11.5 Å². The van der Waals surface area contributed by atoms with Gasteiger partial charge in [-0.3, -0.25) is 9.59 Å². The summed E-state index contributed by atoms with van der Waals surface area (Å²) in [5, 5.41) is 26.9. The molecule has 0 unspecified atom stereocenters. The average molecular weight is 320 g/mol. The summed E-state index contributed by atoms with van der Waals surface area (Å²) in [6, 6.07) is 11.8. The fraction of sp³-hybridized carbons (Fsp3) is 0.250. The molecule has 0 saturated heterocycles. The van der Waals surface area contributed by atoms with Gasteiger partial charge in [0.1, 0.15) is 12.1 Å². The SMILES string of the molecule is N[C@@H](CO)C(=O)O.N[C@@H](Cc1cccc2ccccc12)C(=O)O. The lowest BCUT2D eigenvalue weighted by atomic mass is 9.99. The molecule has 0 spiro atoms. The summed E-state index contributed by atoms with van der Waals surface area (Å²) >= 11 is 0. The number of hydrogen-bond acceptors (Lipinski definition) is 5. The molecule has 7 nitrogen and oxygen atoms in total. The molecule has 2 aromatic carbocycles. The van der Waals surface area contributed by atoms with Crippen molar-refractivity contribution in [3.05, 3.63) is 48.0 Å². The Kier molecular flexibility index (Phi) is 7.14. The maximum absolute atomic E-state index is 10.7. The lowest BCUT2D eigenvalue weighted by molar-refractivity contribution is -0.140. The van der Waals surface area contributed by atoms with Gasteiger partial charge in [0.05, 0.1) is 6.61 Å². The van der Waals surface area contributed by atoms with Crippen LogP contribution in [0, 0.1) is 0 Å². The van der Waals surface area contributed by atoms with Gasteiger partial charge < -0.3 is 26.8 Å². The molecule has 0 aliphatic rings. The van der Waals surface area contributed by atoms with Gasteiger partial charge in [-0.25, -0.2) is 0 Å². The van der Waals surface area contributed by atoms with Crippen LogP contribution in [0.25, 0.3) is 10.8 Å². The smallest absolute Gasteiger partial charge is 0.322 e. The number of nitrogens with two attached hydrogens (primary N) is 2. The minimum absolute atomic E-state index is 0.358. The third kappa shape index (κ3) is 5.67. The number of aliphatic hydroxyl groups is 1. The summed E-state index contributed by atoms with van der Waals surface area (Å²) < 4.78 is 0. The number of hydrogen-bond donors (Lipinski definition) is 5. The Balaban J connectivity index is 0.000000322.